The molecule has 2 aromatic rings. The van der Waals surface area contributed by atoms with Gasteiger partial charge in [-0.3, -0.25) is 4.79 Å². The van der Waals surface area contributed by atoms with E-state index in [1.807, 2.05) is 6.07 Å². The maximum atomic E-state index is 15.4. The van der Waals surface area contributed by atoms with Crippen LogP contribution in [0.1, 0.15) is 295 Å². The van der Waals surface area contributed by atoms with Gasteiger partial charge < -0.3 is 94.5 Å². The largest absolute Gasteiger partial charge is 1.00 e. The second-order valence-electron chi connectivity index (χ2n) is 50.1. The van der Waals surface area contributed by atoms with Gasteiger partial charge in [0.25, 0.3) is 0 Å². The van der Waals surface area contributed by atoms with Gasteiger partial charge in [0.2, 0.25) is 0 Å². The number of rotatable bonds is 22. The van der Waals surface area contributed by atoms with Crippen molar-refractivity contribution < 1.29 is 177 Å². The monoisotopic (exact) mass is 2150 g/mol. The maximum Gasteiger partial charge on any atom is 1.00 e. The molecule has 0 aliphatic carbocycles. The molecule has 20 aliphatic heterocycles. The summed E-state index contributed by atoms with van der Waals surface area (Å²) in [7, 11) is -3.75. The van der Waals surface area contributed by atoms with Crippen molar-refractivity contribution in [2.24, 2.45) is 47.3 Å². The molecule has 0 aromatic heterocycles. The minimum Gasteiger partial charge on any atom is -0.850 e. The van der Waals surface area contributed by atoms with Crippen LogP contribution in [0.3, 0.4) is 0 Å². The Morgan fingerprint density at radius 3 is 1.61 bits per heavy atom. The topological polar surface area (TPSA) is 318 Å². The Kier molecular flexibility index (Phi) is 43.7. The summed E-state index contributed by atoms with van der Waals surface area (Å²) in [5.74, 6) is 0.657. The zero-order valence-corrected chi connectivity index (χ0v) is 99.0. The molecule has 18 bridgehead atoms. The number of Topliss-reactive ketones (excluding diaryl/α,β-unsaturated/α-hetero) is 1. The van der Waals surface area contributed by atoms with E-state index < -0.39 is 57.0 Å². The average molecular weight is 2150 g/mol. The van der Waals surface area contributed by atoms with Crippen LogP contribution in [0.15, 0.2) is 109 Å². The molecule has 39 atom stereocenters. The minimum atomic E-state index is -1.93. The quantitative estimate of drug-likeness (QED) is 0.0781. The number of carbonyl (C=O) groups is 1. The zero-order valence-electron chi connectivity index (χ0n) is 92.2. The smallest absolute Gasteiger partial charge is 0.850 e. The van der Waals surface area contributed by atoms with Crippen LogP contribution in [-0.2, 0) is 133 Å². The molecule has 0 saturated carbocycles. The van der Waals surface area contributed by atoms with Gasteiger partial charge in [0.1, 0.15) is 66.8 Å². The van der Waals surface area contributed by atoms with Crippen LogP contribution in [0.4, 0.5) is 0 Å². The Morgan fingerprint density at radius 2 is 1.01 bits per heavy atom. The Hall–Kier alpha value is -2.64. The van der Waals surface area contributed by atoms with Crippen molar-refractivity contribution in [1.29, 1.82) is 0 Å². The van der Waals surface area contributed by atoms with Crippen LogP contribution in [0.2, 0.25) is 36.3 Å². The van der Waals surface area contributed by atoms with E-state index in [0.717, 1.165) is 166 Å². The first-order valence-electron chi connectivity index (χ1n) is 55.5. The summed E-state index contributed by atoms with van der Waals surface area (Å²) in [6, 6.07) is 21.4. The molecule has 2 aromatic carbocycles. The molecule has 0 radical (unpaired) electrons. The fraction of sp³-hybridized carbons (Fsp3) is 0.809. The number of hydrogen-bond donors (Lipinski definition) is 0. The van der Waals surface area contributed by atoms with Gasteiger partial charge >= 0.3 is 80.7 Å². The Balaban J connectivity index is 0.000000208. The average Bonchev–Trinajstić information content (AvgIpc) is 1.55. The van der Waals surface area contributed by atoms with Gasteiger partial charge in [-0.25, -0.2) is 0 Å². The predicted octanol–water partition coefficient (Wildman–Crippen LogP) is 16.5. The second kappa shape index (κ2) is 52.9. The first-order valence-corrected chi connectivity index (χ1v) is 62.6. The Bertz CT molecular complexity index is 4660. The van der Waals surface area contributed by atoms with E-state index in [1.54, 1.807) is 20.8 Å². The number of ketones is 1. The van der Waals surface area contributed by atoms with Crippen molar-refractivity contribution >= 4 is 51.7 Å². The Morgan fingerprint density at radius 1 is 0.497 bits per heavy atom. The first kappa shape index (κ1) is 121. The van der Waals surface area contributed by atoms with E-state index in [-0.39, 0.29) is 262 Å². The molecular formula is C115H177KO27S2Si2. The fourth-order valence-corrected chi connectivity index (χ4v) is 28.3. The molecule has 32 heteroatoms. The van der Waals surface area contributed by atoms with Crippen molar-refractivity contribution in [2.75, 3.05) is 26.4 Å². The normalized spacial score (nSPS) is 40.5. The van der Waals surface area contributed by atoms with Gasteiger partial charge in [0, 0.05) is 83.2 Å². The van der Waals surface area contributed by atoms with Crippen molar-refractivity contribution in [1.82, 2.24) is 0 Å². The van der Waals surface area contributed by atoms with Gasteiger partial charge in [-0.05, 0) is 240 Å². The zero-order chi connectivity index (χ0) is 105. The standard InChI is InChI=1S/C53H78O10Si.C53H82O9Si.C4H8O.C4H9O.CO2.K.2O2S/c1-29(28-55-64(9,10)52(6,7)8)22-41-33(5)45-43(59-41)26-42-32(4)30(2)23-35(57-42)16-18-39-31(3)24-37(56-39)20-21-53-27-44-48(62-53)49-50(61-44)51(63-53)47-40(60-49)19-17-36(58-47)25-38(54)46(45)34-14-12-11-13-15-34;1-12-37-18-21-42-47(57-37)51-50-49(59-42)48-46(60-50)29-53(61-48,62-51)23-22-39-26-33(4)41(55-39)20-19-38-25-32(3)34(5)44(56-38)28-45-40(27-36-16-14-13-15-17-36)35(6)43(58-45)24-31(2)30-54-63(10,11)52(7,8)9;1-2-4-5-3-1;1-4(2,3)5;2-1-3;;2*1-3-2/h11-15,29-30,33,35-37,39-51H,3-4,16-28H2,1-2,5-10H3;13-17,31-32,35,37-51H,4-5,12,18-30H2,1-3,6-11H3;1-4H2;1-3H3;;;;/q;;;-1;;+1;;/t29-,30+,33-,35-,36+,37-,39?,40-,41+,42?,43-,44?,45+,46?,47-,48-,49-,50?,51-,53-;31-,32+,35+,37-,38-,39-,40+,41?,42-,43+,44?,45-,46?,47-,48-,49-,50?,51-,53-;;;;;;/m00....../s1. The molecule has 147 heavy (non-hydrogen) atoms. The fourth-order valence-electron chi connectivity index (χ4n) is 26.0. The summed E-state index contributed by atoms with van der Waals surface area (Å²) >= 11 is -1.50. The summed E-state index contributed by atoms with van der Waals surface area (Å²) in [5, 5.41) is 10.4. The second-order valence-corrected chi connectivity index (χ2v) is 60.0. The number of ether oxygens (including phenoxy) is 17. The third-order valence-electron chi connectivity index (χ3n) is 36.1. The van der Waals surface area contributed by atoms with Crippen molar-refractivity contribution in [3.63, 3.8) is 0 Å². The first-order chi connectivity index (χ1) is 69.2. The van der Waals surface area contributed by atoms with E-state index >= 15 is 4.79 Å². The number of hydrogen-bond acceptors (Lipinski definition) is 27. The molecule has 820 valence electrons. The Labute approximate surface area is 929 Å². The molecule has 1 spiro atoms. The van der Waals surface area contributed by atoms with E-state index in [9.17, 15) is 5.11 Å². The summed E-state index contributed by atoms with van der Waals surface area (Å²) in [6.07, 6.45) is 22.2. The van der Waals surface area contributed by atoms with Crippen molar-refractivity contribution in [3.05, 3.63) is 120 Å². The number of carbonyl (C=O) groups excluding carboxylic acids is 3. The maximum absolute atomic E-state index is 15.4. The van der Waals surface area contributed by atoms with Gasteiger partial charge in [0.15, 0.2) is 28.2 Å². The van der Waals surface area contributed by atoms with Crippen LogP contribution in [0, 0.1) is 47.3 Å². The molecule has 20 aliphatic rings. The summed E-state index contributed by atoms with van der Waals surface area (Å²) in [4.78, 5) is 31.7. The van der Waals surface area contributed by atoms with Crippen LogP contribution in [0.5, 0.6) is 0 Å². The summed E-state index contributed by atoms with van der Waals surface area (Å²) in [6.45, 7) is 66.2. The predicted molar refractivity (Wildman–Crippen MR) is 557 cm³/mol. The molecular weight excluding hydrogens is 1970 g/mol. The van der Waals surface area contributed by atoms with E-state index in [1.165, 1.54) is 35.1 Å². The molecule has 0 amide bonds. The van der Waals surface area contributed by atoms with Crippen LogP contribution in [-0.4, -0.2) is 260 Å². The van der Waals surface area contributed by atoms with E-state index in [4.69, 9.17) is 116 Å². The van der Waals surface area contributed by atoms with Crippen molar-refractivity contribution in [3.8, 4) is 0 Å². The van der Waals surface area contributed by atoms with Gasteiger partial charge in [0.05, 0.1) is 110 Å². The summed E-state index contributed by atoms with van der Waals surface area (Å²) in [5.41, 5.74) is 6.38. The molecule has 20 heterocycles. The van der Waals surface area contributed by atoms with E-state index in [2.05, 4.69) is 197 Å². The molecule has 0 N–H and O–H groups in total. The minimum absolute atomic E-state index is 0. The van der Waals surface area contributed by atoms with Crippen LogP contribution in [0.25, 0.3) is 0 Å². The third kappa shape index (κ3) is 30.1. The third-order valence-corrected chi connectivity index (χ3v) is 45.1. The number of benzene rings is 2. The molecule has 20 saturated heterocycles. The number of fused-ring (bicyclic) bond motifs is 7. The van der Waals surface area contributed by atoms with Gasteiger partial charge in [-0.2, -0.15) is 26.4 Å². The molecule has 27 nitrogen and oxygen atoms in total. The molecule has 9 unspecified atom stereocenters. The molecule has 22 rings (SSSR count). The summed E-state index contributed by atoms with van der Waals surface area (Å²) < 4.78 is 162. The van der Waals surface area contributed by atoms with Gasteiger partial charge in [-0.15, -0.1) is 5.60 Å². The van der Waals surface area contributed by atoms with Gasteiger partial charge in [-0.1, -0.05) is 198 Å². The SMILES string of the molecule is C1CCOC1.C=C1C[C@@H]2CC[C@@]34CC5OC6[C@@H](O3)[C@H]3O[C@H](CC[C@@H]3O[C@H]6[C@H]5O4)CC(=O)C(c3ccccc3)[C@@H]3[C@@H](C)[C@@H](C[C@H](C)CO[Si](C)(C)C(C)(C)C)O[C@H]3CC3O[C@@H](CCC1O2)C[C@@H](C)C3=C.C=C1C[C@H](CC[C@@]23CC4OC5[C@@H](O2)[C@H]2O[C@@H](CC)CC[C@@H]2O[C@H]5[C@H]4O3)OC1CC[C@H]1C[C@@H](C)C(=C)C(C[C@@H]2O[C@H](C[C@H](C)CO[Si](C)(C)C(C)(C)C)[C@H](C)[C@H]2Cc2ccccc2)O1.CC(C)(C)[O-].O=C=O.O=S=O.O=S=O.[K+]. The van der Waals surface area contributed by atoms with Crippen LogP contribution >= 0.6 is 0 Å². The van der Waals surface area contributed by atoms with Crippen LogP contribution < -0.4 is 56.5 Å². The molecule has 20 fully saturated rings. The van der Waals surface area contributed by atoms with E-state index in [0.29, 0.717) is 67.8 Å². The van der Waals surface area contributed by atoms with Crippen molar-refractivity contribution in [2.45, 2.75) is 514 Å².